The number of halogens is 2. The Labute approximate surface area is 178 Å². The number of hydrogen-bond acceptors (Lipinski definition) is 5. The minimum atomic E-state index is -0.107. The van der Waals surface area contributed by atoms with Crippen LogP contribution < -0.4 is 5.32 Å². The normalized spacial score (nSPS) is 10.9. The van der Waals surface area contributed by atoms with E-state index in [4.69, 9.17) is 11.6 Å². The summed E-state index contributed by atoms with van der Waals surface area (Å²) in [6.07, 6.45) is 3.18. The molecule has 0 spiro atoms. The Balaban J connectivity index is 1.50. The molecule has 4 rings (SSSR count). The van der Waals surface area contributed by atoms with E-state index in [0.717, 1.165) is 21.2 Å². The fourth-order valence-electron chi connectivity index (χ4n) is 2.57. The van der Waals surface area contributed by atoms with Crippen molar-refractivity contribution in [2.75, 3.05) is 11.1 Å². The van der Waals surface area contributed by atoms with Crippen molar-refractivity contribution in [1.82, 2.24) is 19.7 Å². The third kappa shape index (κ3) is 4.19. The van der Waals surface area contributed by atoms with Crippen LogP contribution in [0.2, 0.25) is 5.02 Å². The first-order valence-corrected chi connectivity index (χ1v) is 10.4. The van der Waals surface area contributed by atoms with Crippen LogP contribution in [0.3, 0.4) is 0 Å². The van der Waals surface area contributed by atoms with Gasteiger partial charge in [-0.2, -0.15) is 5.10 Å². The van der Waals surface area contributed by atoms with E-state index in [-0.39, 0.29) is 11.7 Å². The lowest BCUT2D eigenvalue weighted by atomic mass is 10.3. The fourth-order valence-corrected chi connectivity index (χ4v) is 3.72. The van der Waals surface area contributed by atoms with Crippen LogP contribution in [0.5, 0.6) is 0 Å². The van der Waals surface area contributed by atoms with E-state index in [1.54, 1.807) is 23.0 Å². The zero-order valence-corrected chi connectivity index (χ0v) is 17.5. The fraction of sp³-hybridized carbons (Fsp3) is 0.0526. The molecule has 2 heterocycles. The Morgan fingerprint density at radius 2 is 1.86 bits per heavy atom. The summed E-state index contributed by atoms with van der Waals surface area (Å²) < 4.78 is 2.68. The number of benzene rings is 2. The van der Waals surface area contributed by atoms with Gasteiger partial charge in [0.2, 0.25) is 5.91 Å². The van der Waals surface area contributed by atoms with Crippen LogP contribution in [-0.2, 0) is 4.79 Å². The Bertz CT molecular complexity index is 1130. The number of nitrogens with one attached hydrogen (secondary N) is 1. The molecule has 6 nitrogen and oxygen atoms in total. The highest BCUT2D eigenvalue weighted by atomic mass is 79.9. The number of fused-ring (bicyclic) bond motifs is 1. The molecule has 28 heavy (non-hydrogen) atoms. The topological polar surface area (TPSA) is 72.7 Å². The third-order valence-corrected chi connectivity index (χ3v) is 5.65. The molecule has 4 aromatic rings. The van der Waals surface area contributed by atoms with Gasteiger partial charge < -0.3 is 5.32 Å². The number of nitrogens with zero attached hydrogens (tertiary/aromatic N) is 4. The highest BCUT2D eigenvalue weighted by Crippen LogP contribution is 2.26. The predicted molar refractivity (Wildman–Crippen MR) is 115 cm³/mol. The first-order valence-electron chi connectivity index (χ1n) is 8.23. The summed E-state index contributed by atoms with van der Waals surface area (Å²) in [7, 11) is 0. The molecule has 0 aliphatic carbocycles. The molecule has 140 valence electrons. The molecule has 0 aliphatic rings. The lowest BCUT2D eigenvalue weighted by molar-refractivity contribution is -0.113. The number of carbonyl (C=O) groups excluding carboxylic acids is 1. The van der Waals surface area contributed by atoms with Gasteiger partial charge in [0.1, 0.15) is 11.4 Å². The second-order valence-electron chi connectivity index (χ2n) is 5.79. The molecule has 9 heteroatoms. The van der Waals surface area contributed by atoms with E-state index in [0.29, 0.717) is 15.7 Å². The SMILES string of the molecule is O=C(CSc1ncnc2c1cnn2-c1ccc(Cl)cc1)Nc1ccc(Br)cc1. The molecule has 0 aliphatic heterocycles. The lowest BCUT2D eigenvalue weighted by Crippen LogP contribution is -2.14. The van der Waals surface area contributed by atoms with E-state index >= 15 is 0 Å². The average Bonchev–Trinajstić information content (AvgIpc) is 3.13. The molecule has 0 radical (unpaired) electrons. The van der Waals surface area contributed by atoms with Crippen LogP contribution in [0.25, 0.3) is 16.7 Å². The molecule has 2 aromatic carbocycles. The zero-order valence-electron chi connectivity index (χ0n) is 14.3. The van der Waals surface area contributed by atoms with Crippen molar-refractivity contribution in [2.45, 2.75) is 5.03 Å². The lowest BCUT2D eigenvalue weighted by Gasteiger charge is -2.06. The molecule has 1 amide bonds. The van der Waals surface area contributed by atoms with Crippen molar-refractivity contribution in [2.24, 2.45) is 0 Å². The number of aromatic nitrogens is 4. The Hall–Kier alpha value is -2.42. The van der Waals surface area contributed by atoms with Gasteiger partial charge in [0.25, 0.3) is 0 Å². The smallest absolute Gasteiger partial charge is 0.234 e. The second-order valence-corrected chi connectivity index (χ2v) is 8.11. The standard InChI is InChI=1S/C19H13BrClN5OS/c20-12-1-5-14(6-2-12)25-17(27)10-28-19-16-9-24-26(18(16)22-11-23-19)15-7-3-13(21)4-8-15/h1-9,11H,10H2,(H,25,27). The van der Waals surface area contributed by atoms with Gasteiger partial charge in [0.15, 0.2) is 5.65 Å². The van der Waals surface area contributed by atoms with Crippen molar-refractivity contribution >= 4 is 61.9 Å². The van der Waals surface area contributed by atoms with Gasteiger partial charge >= 0.3 is 0 Å². The van der Waals surface area contributed by atoms with E-state index in [1.165, 1.54) is 18.1 Å². The van der Waals surface area contributed by atoms with Crippen LogP contribution in [0.4, 0.5) is 5.69 Å². The Morgan fingerprint density at radius 3 is 2.61 bits per heavy atom. The summed E-state index contributed by atoms with van der Waals surface area (Å²) >= 11 is 10.7. The van der Waals surface area contributed by atoms with Gasteiger partial charge in [-0.25, -0.2) is 14.6 Å². The van der Waals surface area contributed by atoms with Gasteiger partial charge in [0.05, 0.1) is 23.0 Å². The molecule has 0 saturated heterocycles. The predicted octanol–water partition coefficient (Wildman–Crippen LogP) is 4.96. The zero-order chi connectivity index (χ0) is 19.5. The summed E-state index contributed by atoms with van der Waals surface area (Å²) in [5.41, 5.74) is 2.27. The van der Waals surface area contributed by atoms with Gasteiger partial charge in [-0.1, -0.05) is 39.3 Å². The Kier molecular flexibility index (Phi) is 5.61. The number of amides is 1. The number of hydrogen-bond donors (Lipinski definition) is 1. The third-order valence-electron chi connectivity index (χ3n) is 3.87. The second kappa shape index (κ2) is 8.30. The van der Waals surface area contributed by atoms with Crippen molar-refractivity contribution in [3.8, 4) is 5.69 Å². The van der Waals surface area contributed by atoms with Crippen LogP contribution in [0, 0.1) is 0 Å². The molecule has 0 bridgehead atoms. The maximum atomic E-state index is 12.2. The summed E-state index contributed by atoms with van der Waals surface area (Å²) in [4.78, 5) is 20.9. The van der Waals surface area contributed by atoms with Crippen molar-refractivity contribution in [3.05, 3.63) is 70.6 Å². The maximum absolute atomic E-state index is 12.2. The highest BCUT2D eigenvalue weighted by Gasteiger charge is 2.13. The molecule has 0 unspecified atom stereocenters. The molecule has 1 N–H and O–H groups in total. The van der Waals surface area contributed by atoms with Gasteiger partial charge in [-0.15, -0.1) is 0 Å². The minimum Gasteiger partial charge on any atom is -0.325 e. The summed E-state index contributed by atoms with van der Waals surface area (Å²) in [6.45, 7) is 0. The average molecular weight is 475 g/mol. The van der Waals surface area contributed by atoms with Gasteiger partial charge in [-0.3, -0.25) is 4.79 Å². The van der Waals surface area contributed by atoms with Crippen molar-refractivity contribution in [1.29, 1.82) is 0 Å². The molecule has 0 atom stereocenters. The van der Waals surface area contributed by atoms with Crippen LogP contribution >= 0.6 is 39.3 Å². The molecule has 0 saturated carbocycles. The summed E-state index contributed by atoms with van der Waals surface area (Å²) in [5, 5.41) is 9.43. The highest BCUT2D eigenvalue weighted by molar-refractivity contribution is 9.10. The van der Waals surface area contributed by atoms with Crippen LogP contribution in [0.1, 0.15) is 0 Å². The monoisotopic (exact) mass is 473 g/mol. The largest absolute Gasteiger partial charge is 0.325 e. The van der Waals surface area contributed by atoms with E-state index in [9.17, 15) is 4.79 Å². The quantitative estimate of drug-likeness (QED) is 0.327. The van der Waals surface area contributed by atoms with E-state index in [2.05, 4.69) is 36.3 Å². The van der Waals surface area contributed by atoms with Crippen molar-refractivity contribution < 1.29 is 4.79 Å². The first kappa shape index (κ1) is 18.9. The molecular weight excluding hydrogens is 462 g/mol. The molecular formula is C19H13BrClN5OS. The van der Waals surface area contributed by atoms with E-state index < -0.39 is 0 Å². The van der Waals surface area contributed by atoms with Crippen LogP contribution in [0.15, 0.2) is 70.6 Å². The summed E-state index contributed by atoms with van der Waals surface area (Å²) in [6, 6.07) is 14.8. The van der Waals surface area contributed by atoms with Crippen LogP contribution in [-0.4, -0.2) is 31.4 Å². The number of carbonyl (C=O) groups is 1. The number of anilines is 1. The number of thioether (sulfide) groups is 1. The molecule has 2 aromatic heterocycles. The number of rotatable bonds is 5. The Morgan fingerprint density at radius 1 is 1.11 bits per heavy atom. The summed E-state index contributed by atoms with van der Waals surface area (Å²) in [5.74, 6) is 0.123. The maximum Gasteiger partial charge on any atom is 0.234 e. The van der Waals surface area contributed by atoms with Crippen molar-refractivity contribution in [3.63, 3.8) is 0 Å². The minimum absolute atomic E-state index is 0.107. The molecule has 0 fully saturated rings. The first-order chi connectivity index (χ1) is 13.6. The van der Waals surface area contributed by atoms with Gasteiger partial charge in [-0.05, 0) is 48.5 Å². The van der Waals surface area contributed by atoms with E-state index in [1.807, 2.05) is 36.4 Å². The van der Waals surface area contributed by atoms with Gasteiger partial charge in [0, 0.05) is 15.2 Å².